The predicted molar refractivity (Wildman–Crippen MR) is 40.9 cm³/mol. The summed E-state index contributed by atoms with van der Waals surface area (Å²) in [6.07, 6.45) is 2.31. The van der Waals surface area contributed by atoms with Crippen LogP contribution < -0.4 is 0 Å². The lowest BCUT2D eigenvalue weighted by atomic mass is 9.95. The number of hydrogen-bond donors (Lipinski definition) is 1. The van der Waals surface area contributed by atoms with Gasteiger partial charge < -0.3 is 5.11 Å². The van der Waals surface area contributed by atoms with Gasteiger partial charge in [-0.3, -0.25) is 0 Å². The summed E-state index contributed by atoms with van der Waals surface area (Å²) in [5.74, 6) is 0.554. The lowest BCUT2D eigenvalue weighted by Gasteiger charge is -2.23. The second kappa shape index (κ2) is 4.13. The molecule has 1 N–H and O–H groups in total. The molecule has 0 heterocycles. The number of halogens is 1. The Morgan fingerprint density at radius 2 is 1.78 bits per heavy atom. The predicted octanol–water partition coefficient (Wildman–Crippen LogP) is 2.17. The van der Waals surface area contributed by atoms with Crippen LogP contribution in [0.1, 0.15) is 33.1 Å². The van der Waals surface area contributed by atoms with Crippen LogP contribution in [0.5, 0.6) is 0 Å². The van der Waals surface area contributed by atoms with Crippen molar-refractivity contribution in [1.29, 1.82) is 0 Å². The van der Waals surface area contributed by atoms with Gasteiger partial charge in [-0.15, -0.1) is 11.6 Å². The summed E-state index contributed by atoms with van der Waals surface area (Å²) in [7, 11) is 0. The van der Waals surface area contributed by atoms with Crippen molar-refractivity contribution in [3.8, 4) is 0 Å². The Bertz CT molecular complexity index is 69.3. The van der Waals surface area contributed by atoms with E-state index in [-0.39, 0.29) is 0 Å². The Labute approximate surface area is 62.0 Å². The molecule has 0 bridgehead atoms. The zero-order valence-electron chi connectivity index (χ0n) is 6.15. The maximum absolute atomic E-state index is 9.54. The third kappa shape index (κ3) is 3.07. The van der Waals surface area contributed by atoms with Crippen LogP contribution in [-0.2, 0) is 0 Å². The van der Waals surface area contributed by atoms with Crippen molar-refractivity contribution in [1.82, 2.24) is 0 Å². The van der Waals surface area contributed by atoms with E-state index in [9.17, 15) is 5.11 Å². The van der Waals surface area contributed by atoms with Gasteiger partial charge in [0.25, 0.3) is 0 Å². The summed E-state index contributed by atoms with van der Waals surface area (Å²) in [4.78, 5) is 0. The average Bonchev–Trinajstić information content (AvgIpc) is 1.89. The molecule has 0 aliphatic heterocycles. The molecule has 0 aliphatic carbocycles. The van der Waals surface area contributed by atoms with E-state index in [0.717, 1.165) is 12.8 Å². The van der Waals surface area contributed by atoms with Crippen molar-refractivity contribution < 1.29 is 5.11 Å². The highest BCUT2D eigenvalue weighted by molar-refractivity contribution is 6.17. The standard InChI is InChI=1S/C7H15ClO/c1-3-7(9,4-2)5-6-8/h9H,3-6H2,1-2H3. The summed E-state index contributed by atoms with van der Waals surface area (Å²) in [5.41, 5.74) is -0.498. The van der Waals surface area contributed by atoms with Gasteiger partial charge in [-0.2, -0.15) is 0 Å². The molecule has 0 spiro atoms. The molecule has 0 fully saturated rings. The maximum atomic E-state index is 9.54. The molecule has 56 valence electrons. The van der Waals surface area contributed by atoms with E-state index < -0.39 is 5.60 Å². The van der Waals surface area contributed by atoms with Crippen molar-refractivity contribution >= 4 is 11.6 Å². The van der Waals surface area contributed by atoms with Crippen LogP contribution in [0.2, 0.25) is 0 Å². The van der Waals surface area contributed by atoms with Crippen molar-refractivity contribution in [3.05, 3.63) is 0 Å². The van der Waals surface area contributed by atoms with Crippen molar-refractivity contribution in [2.24, 2.45) is 0 Å². The van der Waals surface area contributed by atoms with Gasteiger partial charge >= 0.3 is 0 Å². The smallest absolute Gasteiger partial charge is 0.0654 e. The van der Waals surface area contributed by atoms with E-state index in [1.807, 2.05) is 13.8 Å². The molecule has 0 aromatic carbocycles. The van der Waals surface area contributed by atoms with Crippen LogP contribution in [0.4, 0.5) is 0 Å². The van der Waals surface area contributed by atoms with E-state index in [1.54, 1.807) is 0 Å². The highest BCUT2D eigenvalue weighted by Crippen LogP contribution is 2.19. The molecule has 2 heteroatoms. The van der Waals surface area contributed by atoms with Crippen LogP contribution in [0.15, 0.2) is 0 Å². The molecule has 0 rings (SSSR count). The van der Waals surface area contributed by atoms with Gasteiger partial charge in [-0.25, -0.2) is 0 Å². The summed E-state index contributed by atoms with van der Waals surface area (Å²) >= 11 is 5.48. The topological polar surface area (TPSA) is 20.2 Å². The van der Waals surface area contributed by atoms with Crippen molar-refractivity contribution in [2.75, 3.05) is 5.88 Å². The fourth-order valence-electron chi connectivity index (χ4n) is 0.779. The van der Waals surface area contributed by atoms with Crippen LogP contribution in [-0.4, -0.2) is 16.6 Å². The molecule has 0 amide bonds. The molecule has 0 aromatic heterocycles. The van der Waals surface area contributed by atoms with E-state index in [0.29, 0.717) is 12.3 Å². The van der Waals surface area contributed by atoms with Gasteiger partial charge in [0.15, 0.2) is 0 Å². The first-order chi connectivity index (χ1) is 4.18. The number of rotatable bonds is 4. The van der Waals surface area contributed by atoms with Crippen LogP contribution in [0.3, 0.4) is 0 Å². The number of aliphatic hydroxyl groups is 1. The molecular weight excluding hydrogens is 136 g/mol. The highest BCUT2D eigenvalue weighted by Gasteiger charge is 2.20. The zero-order chi connectivity index (χ0) is 7.33. The van der Waals surface area contributed by atoms with Gasteiger partial charge in [0.1, 0.15) is 0 Å². The summed E-state index contributed by atoms with van der Waals surface area (Å²) in [5, 5.41) is 9.54. The molecule has 0 unspecified atom stereocenters. The average molecular weight is 151 g/mol. The van der Waals surface area contributed by atoms with E-state index >= 15 is 0 Å². The Hall–Kier alpha value is 0.250. The van der Waals surface area contributed by atoms with E-state index in [1.165, 1.54) is 0 Å². The second-order valence-electron chi connectivity index (χ2n) is 2.37. The lowest BCUT2D eigenvalue weighted by Crippen LogP contribution is -2.26. The summed E-state index contributed by atoms with van der Waals surface area (Å²) < 4.78 is 0. The van der Waals surface area contributed by atoms with E-state index in [2.05, 4.69) is 0 Å². The number of alkyl halides is 1. The lowest BCUT2D eigenvalue weighted by molar-refractivity contribution is 0.0294. The Morgan fingerprint density at radius 3 is 1.89 bits per heavy atom. The normalized spacial score (nSPS) is 12.0. The van der Waals surface area contributed by atoms with Gasteiger partial charge in [0, 0.05) is 5.88 Å². The monoisotopic (exact) mass is 150 g/mol. The molecule has 0 aromatic rings. The van der Waals surface area contributed by atoms with Crippen molar-refractivity contribution in [2.45, 2.75) is 38.7 Å². The molecule has 0 aliphatic rings. The van der Waals surface area contributed by atoms with Gasteiger partial charge in [-0.1, -0.05) is 13.8 Å². The number of hydrogen-bond acceptors (Lipinski definition) is 1. The molecule has 0 radical (unpaired) electrons. The Balaban J connectivity index is 3.62. The maximum Gasteiger partial charge on any atom is 0.0654 e. The Kier molecular flexibility index (Phi) is 4.24. The largest absolute Gasteiger partial charge is 0.390 e. The third-order valence-electron chi connectivity index (χ3n) is 1.88. The molecule has 0 atom stereocenters. The molecular formula is C7H15ClO. The minimum Gasteiger partial charge on any atom is -0.390 e. The summed E-state index contributed by atoms with van der Waals surface area (Å²) in [6, 6.07) is 0. The van der Waals surface area contributed by atoms with Crippen LogP contribution >= 0.6 is 11.6 Å². The molecule has 0 saturated heterocycles. The molecule has 0 saturated carbocycles. The first kappa shape index (κ1) is 9.25. The fourth-order valence-corrected chi connectivity index (χ4v) is 1.13. The minimum absolute atomic E-state index is 0.498. The first-order valence-electron chi connectivity index (χ1n) is 3.47. The highest BCUT2D eigenvalue weighted by atomic mass is 35.5. The Morgan fingerprint density at radius 1 is 1.33 bits per heavy atom. The van der Waals surface area contributed by atoms with Crippen LogP contribution in [0, 0.1) is 0 Å². The van der Waals surface area contributed by atoms with E-state index in [4.69, 9.17) is 11.6 Å². The van der Waals surface area contributed by atoms with Crippen LogP contribution in [0.25, 0.3) is 0 Å². The fraction of sp³-hybridized carbons (Fsp3) is 1.00. The zero-order valence-corrected chi connectivity index (χ0v) is 6.91. The van der Waals surface area contributed by atoms with Crippen molar-refractivity contribution in [3.63, 3.8) is 0 Å². The summed E-state index contributed by atoms with van der Waals surface area (Å²) in [6.45, 7) is 3.96. The quantitative estimate of drug-likeness (QED) is 0.609. The first-order valence-corrected chi connectivity index (χ1v) is 4.00. The van der Waals surface area contributed by atoms with Gasteiger partial charge in [0.05, 0.1) is 5.60 Å². The molecule has 1 nitrogen and oxygen atoms in total. The third-order valence-corrected chi connectivity index (χ3v) is 2.07. The molecule has 9 heavy (non-hydrogen) atoms. The van der Waals surface area contributed by atoms with Gasteiger partial charge in [-0.05, 0) is 19.3 Å². The van der Waals surface area contributed by atoms with Gasteiger partial charge in [0.2, 0.25) is 0 Å². The SMILES string of the molecule is CCC(O)(CC)CCCl. The minimum atomic E-state index is -0.498. The second-order valence-corrected chi connectivity index (χ2v) is 2.75.